The Morgan fingerprint density at radius 2 is 2.29 bits per heavy atom. The summed E-state index contributed by atoms with van der Waals surface area (Å²) in [5.41, 5.74) is 7.23. The lowest BCUT2D eigenvalue weighted by atomic mass is 10.0. The molecule has 1 aromatic carbocycles. The number of aliphatic carboxylic acids is 1. The first-order valence-corrected chi connectivity index (χ1v) is 5.89. The summed E-state index contributed by atoms with van der Waals surface area (Å²) in [7, 11) is 0. The lowest BCUT2D eigenvalue weighted by Gasteiger charge is -2.09. The number of carbonyl (C=O) groups is 1. The van der Waals surface area contributed by atoms with Gasteiger partial charge in [-0.05, 0) is 24.1 Å². The molecule has 0 radical (unpaired) electrons. The van der Waals surface area contributed by atoms with E-state index >= 15 is 0 Å². The van der Waals surface area contributed by atoms with Crippen LogP contribution in [0.4, 0.5) is 0 Å². The molecule has 0 aliphatic rings. The maximum atomic E-state index is 11.0. The standard InChI is InChI=1S/C11H11NO4S/c12-7(2-4-10(13)14)6-1-3-8-9(5-6)17-11(15)16-8/h1,3,5,7H,2,4,12H2,(H,13,14). The zero-order chi connectivity index (χ0) is 12.4. The maximum absolute atomic E-state index is 11.0. The number of carboxylic acids is 1. The van der Waals surface area contributed by atoms with E-state index in [1.807, 2.05) is 0 Å². The number of hydrogen-bond donors (Lipinski definition) is 2. The van der Waals surface area contributed by atoms with Gasteiger partial charge in [-0.2, -0.15) is 0 Å². The molecule has 3 N–H and O–H groups in total. The second-order valence-electron chi connectivity index (χ2n) is 3.70. The van der Waals surface area contributed by atoms with Crippen molar-refractivity contribution in [3.63, 3.8) is 0 Å². The lowest BCUT2D eigenvalue weighted by Crippen LogP contribution is -2.12. The third kappa shape index (κ3) is 2.72. The molecule has 5 nitrogen and oxygen atoms in total. The van der Waals surface area contributed by atoms with Crippen molar-refractivity contribution in [3.8, 4) is 0 Å². The van der Waals surface area contributed by atoms with Crippen LogP contribution in [0.3, 0.4) is 0 Å². The van der Waals surface area contributed by atoms with Crippen LogP contribution in [0, 0.1) is 0 Å². The number of fused-ring (bicyclic) bond motifs is 1. The predicted molar refractivity (Wildman–Crippen MR) is 64.2 cm³/mol. The molecule has 17 heavy (non-hydrogen) atoms. The van der Waals surface area contributed by atoms with E-state index in [4.69, 9.17) is 15.3 Å². The van der Waals surface area contributed by atoms with Gasteiger partial charge in [-0.3, -0.25) is 4.79 Å². The van der Waals surface area contributed by atoms with Gasteiger partial charge in [0.1, 0.15) is 5.58 Å². The van der Waals surface area contributed by atoms with Crippen LogP contribution in [-0.4, -0.2) is 11.1 Å². The first-order valence-electron chi connectivity index (χ1n) is 5.07. The molecule has 90 valence electrons. The second-order valence-corrected chi connectivity index (χ2v) is 4.68. The predicted octanol–water partition coefficient (Wildman–Crippen LogP) is 1.72. The average Bonchev–Trinajstić information content (AvgIpc) is 2.64. The first kappa shape index (κ1) is 11.8. The normalized spacial score (nSPS) is 12.8. The summed E-state index contributed by atoms with van der Waals surface area (Å²) in [6.07, 6.45) is 0.397. The third-order valence-corrected chi connectivity index (χ3v) is 3.24. The fourth-order valence-electron chi connectivity index (χ4n) is 1.57. The molecule has 6 heteroatoms. The molecule has 0 aliphatic heterocycles. The minimum atomic E-state index is -0.866. The minimum Gasteiger partial charge on any atom is -0.481 e. The van der Waals surface area contributed by atoms with Gasteiger partial charge in [0.2, 0.25) is 0 Å². The molecule has 0 amide bonds. The van der Waals surface area contributed by atoms with Crippen LogP contribution in [0.1, 0.15) is 24.4 Å². The number of carboxylic acid groups (broad SMARTS) is 1. The van der Waals surface area contributed by atoms with E-state index in [0.717, 1.165) is 21.6 Å². The number of benzene rings is 1. The smallest absolute Gasteiger partial charge is 0.396 e. The van der Waals surface area contributed by atoms with E-state index in [0.29, 0.717) is 12.0 Å². The van der Waals surface area contributed by atoms with Crippen molar-refractivity contribution in [1.29, 1.82) is 0 Å². The number of hydrogen-bond acceptors (Lipinski definition) is 5. The highest BCUT2D eigenvalue weighted by Gasteiger charge is 2.10. The van der Waals surface area contributed by atoms with Crippen LogP contribution < -0.4 is 10.7 Å². The van der Waals surface area contributed by atoms with Gasteiger partial charge in [0, 0.05) is 12.5 Å². The highest BCUT2D eigenvalue weighted by molar-refractivity contribution is 7.16. The quantitative estimate of drug-likeness (QED) is 0.865. The fourth-order valence-corrected chi connectivity index (χ4v) is 2.28. The van der Waals surface area contributed by atoms with Crippen molar-refractivity contribution in [1.82, 2.24) is 0 Å². The zero-order valence-corrected chi connectivity index (χ0v) is 9.70. The van der Waals surface area contributed by atoms with Crippen molar-refractivity contribution in [2.75, 3.05) is 0 Å². The maximum Gasteiger partial charge on any atom is 0.396 e. The van der Waals surface area contributed by atoms with E-state index in [1.54, 1.807) is 18.2 Å². The van der Waals surface area contributed by atoms with Crippen LogP contribution in [0.2, 0.25) is 0 Å². The fraction of sp³-hybridized carbons (Fsp3) is 0.273. The molecular weight excluding hydrogens is 242 g/mol. The van der Waals surface area contributed by atoms with Gasteiger partial charge in [0.15, 0.2) is 0 Å². The summed E-state index contributed by atoms with van der Waals surface area (Å²) >= 11 is 1.01. The molecule has 1 unspecified atom stereocenters. The monoisotopic (exact) mass is 253 g/mol. The Morgan fingerprint density at radius 1 is 1.53 bits per heavy atom. The van der Waals surface area contributed by atoms with Crippen molar-refractivity contribution >= 4 is 27.6 Å². The van der Waals surface area contributed by atoms with Gasteiger partial charge in [-0.25, -0.2) is 4.79 Å². The van der Waals surface area contributed by atoms with Gasteiger partial charge >= 0.3 is 10.9 Å². The van der Waals surface area contributed by atoms with Crippen LogP contribution in [0.25, 0.3) is 10.3 Å². The molecule has 0 bridgehead atoms. The Morgan fingerprint density at radius 3 is 3.00 bits per heavy atom. The molecule has 2 aromatic rings. The molecule has 2 rings (SSSR count). The van der Waals surface area contributed by atoms with Crippen LogP contribution in [0.15, 0.2) is 27.4 Å². The molecule has 0 fully saturated rings. The van der Waals surface area contributed by atoms with Crippen molar-refractivity contribution in [3.05, 3.63) is 33.5 Å². The molecule has 0 saturated carbocycles. The summed E-state index contributed by atoms with van der Waals surface area (Å²) in [6, 6.07) is 4.87. The van der Waals surface area contributed by atoms with Gasteiger partial charge in [0.25, 0.3) is 0 Å². The Labute approximate surface area is 100 Å². The molecule has 1 heterocycles. The van der Waals surface area contributed by atoms with Crippen molar-refractivity contribution in [2.24, 2.45) is 5.73 Å². The summed E-state index contributed by atoms with van der Waals surface area (Å²) in [6.45, 7) is 0. The highest BCUT2D eigenvalue weighted by atomic mass is 32.1. The lowest BCUT2D eigenvalue weighted by molar-refractivity contribution is -0.137. The minimum absolute atomic E-state index is 0.0286. The molecule has 1 atom stereocenters. The SMILES string of the molecule is NC(CCC(=O)O)c1ccc2oc(=O)sc2c1. The van der Waals surface area contributed by atoms with E-state index < -0.39 is 5.97 Å². The molecule has 0 aliphatic carbocycles. The Balaban J connectivity index is 2.23. The van der Waals surface area contributed by atoms with Crippen LogP contribution in [0.5, 0.6) is 0 Å². The Hall–Kier alpha value is -1.66. The zero-order valence-electron chi connectivity index (χ0n) is 8.88. The molecule has 0 saturated heterocycles. The molecule has 1 aromatic heterocycles. The second kappa shape index (κ2) is 4.68. The highest BCUT2D eigenvalue weighted by Crippen LogP contribution is 2.23. The van der Waals surface area contributed by atoms with Gasteiger partial charge < -0.3 is 15.3 Å². The Kier molecular flexibility index (Phi) is 3.26. The van der Waals surface area contributed by atoms with Gasteiger partial charge in [0.05, 0.1) is 4.70 Å². The van der Waals surface area contributed by atoms with Crippen molar-refractivity contribution in [2.45, 2.75) is 18.9 Å². The largest absolute Gasteiger partial charge is 0.481 e. The van der Waals surface area contributed by atoms with Gasteiger partial charge in [-0.15, -0.1) is 0 Å². The average molecular weight is 253 g/mol. The topological polar surface area (TPSA) is 93.5 Å². The summed E-state index contributed by atoms with van der Waals surface area (Å²) in [5.74, 6) is -0.866. The van der Waals surface area contributed by atoms with E-state index in [-0.39, 0.29) is 17.4 Å². The first-order chi connectivity index (χ1) is 8.06. The van der Waals surface area contributed by atoms with Gasteiger partial charge in [-0.1, -0.05) is 17.4 Å². The van der Waals surface area contributed by atoms with E-state index in [2.05, 4.69) is 0 Å². The number of nitrogens with two attached hydrogens (primary N) is 1. The number of rotatable bonds is 4. The Bertz CT molecular complexity index is 601. The van der Waals surface area contributed by atoms with Crippen LogP contribution >= 0.6 is 11.3 Å². The third-order valence-electron chi connectivity index (χ3n) is 2.45. The van der Waals surface area contributed by atoms with E-state index in [9.17, 15) is 9.59 Å². The van der Waals surface area contributed by atoms with E-state index in [1.165, 1.54) is 0 Å². The van der Waals surface area contributed by atoms with Crippen molar-refractivity contribution < 1.29 is 14.3 Å². The molecule has 0 spiro atoms. The van der Waals surface area contributed by atoms with Crippen LogP contribution in [-0.2, 0) is 4.79 Å². The summed E-state index contributed by atoms with van der Waals surface area (Å²) in [4.78, 5) is 21.1. The summed E-state index contributed by atoms with van der Waals surface area (Å²) < 4.78 is 5.66. The summed E-state index contributed by atoms with van der Waals surface area (Å²) in [5, 5.41) is 8.57. The molecular formula is C11H11NO4S.